The van der Waals surface area contributed by atoms with Gasteiger partial charge in [-0.1, -0.05) is 19.1 Å². The van der Waals surface area contributed by atoms with Crippen LogP contribution in [0.1, 0.15) is 53.0 Å². The number of hydrogen-bond acceptors (Lipinski definition) is 5. The van der Waals surface area contributed by atoms with Gasteiger partial charge in [0.2, 0.25) is 0 Å². The molecule has 1 fully saturated rings. The van der Waals surface area contributed by atoms with E-state index in [1.165, 1.54) is 0 Å². The highest BCUT2D eigenvalue weighted by atomic mass is 16.4. The third-order valence-electron chi connectivity index (χ3n) is 6.03. The van der Waals surface area contributed by atoms with Crippen molar-refractivity contribution in [3.05, 3.63) is 83.6 Å². The van der Waals surface area contributed by atoms with Crippen LogP contribution in [0.15, 0.2) is 61.1 Å². The summed E-state index contributed by atoms with van der Waals surface area (Å²) in [6, 6.07) is 13.4. The molecule has 0 aliphatic heterocycles. The van der Waals surface area contributed by atoms with Gasteiger partial charge in [0, 0.05) is 29.7 Å². The van der Waals surface area contributed by atoms with E-state index in [9.17, 15) is 9.90 Å². The summed E-state index contributed by atoms with van der Waals surface area (Å²) in [6.07, 6.45) is 8.22. The first-order chi connectivity index (χ1) is 16.1. The summed E-state index contributed by atoms with van der Waals surface area (Å²) < 4.78 is 1.82. The van der Waals surface area contributed by atoms with Gasteiger partial charge in [0.1, 0.15) is 5.82 Å². The molecule has 5 rings (SSSR count). The molecular formula is C26H25N5O2. The second-order valence-corrected chi connectivity index (χ2v) is 8.29. The number of anilines is 2. The first-order valence-electron chi connectivity index (χ1n) is 11.1. The van der Waals surface area contributed by atoms with Crippen molar-refractivity contribution in [2.75, 3.05) is 5.32 Å². The number of nitrogens with zero attached hydrogens (tertiary/aromatic N) is 4. The zero-order chi connectivity index (χ0) is 22.9. The highest BCUT2D eigenvalue weighted by molar-refractivity contribution is 5.96. The van der Waals surface area contributed by atoms with E-state index in [1.54, 1.807) is 24.7 Å². The Balaban J connectivity index is 1.71. The van der Waals surface area contributed by atoms with Crippen LogP contribution in [-0.2, 0) is 6.42 Å². The van der Waals surface area contributed by atoms with Crippen molar-refractivity contribution in [2.45, 2.75) is 39.0 Å². The number of carboxylic acids is 1. The molecular weight excluding hydrogens is 414 g/mol. The lowest BCUT2D eigenvalue weighted by Gasteiger charge is -2.16. The number of pyridine rings is 2. The van der Waals surface area contributed by atoms with Crippen molar-refractivity contribution in [1.29, 1.82) is 0 Å². The van der Waals surface area contributed by atoms with Crippen LogP contribution < -0.4 is 5.32 Å². The van der Waals surface area contributed by atoms with Gasteiger partial charge in [0.25, 0.3) is 0 Å². The molecule has 7 nitrogen and oxygen atoms in total. The van der Waals surface area contributed by atoms with Crippen molar-refractivity contribution in [1.82, 2.24) is 19.7 Å². The molecule has 0 atom stereocenters. The summed E-state index contributed by atoms with van der Waals surface area (Å²) in [4.78, 5) is 20.9. The van der Waals surface area contributed by atoms with Gasteiger partial charge >= 0.3 is 5.97 Å². The van der Waals surface area contributed by atoms with E-state index in [0.29, 0.717) is 23.8 Å². The van der Waals surface area contributed by atoms with Gasteiger partial charge in [0.15, 0.2) is 0 Å². The zero-order valence-corrected chi connectivity index (χ0v) is 18.6. The predicted octanol–water partition coefficient (Wildman–Crippen LogP) is 5.52. The normalized spacial score (nSPS) is 13.2. The fourth-order valence-corrected chi connectivity index (χ4v) is 4.16. The molecule has 1 aromatic carbocycles. The minimum Gasteiger partial charge on any atom is -0.478 e. The van der Waals surface area contributed by atoms with E-state index in [1.807, 2.05) is 48.0 Å². The standard InChI is InChI=1S/C26H25N5O2/c1-3-21-24(19-6-4-12-27-15-19)25(31(30-21)23-7-5-13-28-16(23)2)29-22-11-10-18(17-8-9-17)14-20(22)26(32)33/h4-7,10-15,17,29H,3,8-9H2,1-2H3,(H,32,33). The Morgan fingerprint density at radius 3 is 2.67 bits per heavy atom. The molecule has 1 aliphatic carbocycles. The maximum Gasteiger partial charge on any atom is 0.337 e. The smallest absolute Gasteiger partial charge is 0.337 e. The maximum atomic E-state index is 12.2. The topological polar surface area (TPSA) is 92.9 Å². The third kappa shape index (κ3) is 3.98. The lowest BCUT2D eigenvalue weighted by Crippen LogP contribution is -2.09. The molecule has 0 bridgehead atoms. The molecule has 166 valence electrons. The Morgan fingerprint density at radius 1 is 1.18 bits per heavy atom. The van der Waals surface area contributed by atoms with Crippen LogP contribution in [0.5, 0.6) is 0 Å². The molecule has 0 saturated heterocycles. The number of aromatic nitrogens is 4. The number of rotatable bonds is 7. The lowest BCUT2D eigenvalue weighted by atomic mass is 10.0. The first kappa shape index (κ1) is 20.9. The molecule has 0 amide bonds. The maximum absolute atomic E-state index is 12.2. The van der Waals surface area contributed by atoms with Gasteiger partial charge < -0.3 is 10.4 Å². The monoisotopic (exact) mass is 439 g/mol. The van der Waals surface area contributed by atoms with Gasteiger partial charge in [0.05, 0.1) is 28.3 Å². The summed E-state index contributed by atoms with van der Waals surface area (Å²) in [6.45, 7) is 3.99. The minimum atomic E-state index is -0.956. The summed E-state index contributed by atoms with van der Waals surface area (Å²) in [5.41, 5.74) is 6.22. The third-order valence-corrected chi connectivity index (χ3v) is 6.03. The largest absolute Gasteiger partial charge is 0.478 e. The van der Waals surface area contributed by atoms with Crippen molar-refractivity contribution in [3.8, 4) is 16.8 Å². The number of nitrogens with one attached hydrogen (secondary N) is 1. The number of benzene rings is 1. The minimum absolute atomic E-state index is 0.255. The van der Waals surface area contributed by atoms with E-state index >= 15 is 0 Å². The van der Waals surface area contributed by atoms with E-state index < -0.39 is 5.97 Å². The van der Waals surface area contributed by atoms with Crippen LogP contribution in [0.3, 0.4) is 0 Å². The molecule has 7 heteroatoms. The van der Waals surface area contributed by atoms with E-state index in [2.05, 4.69) is 22.2 Å². The highest BCUT2D eigenvalue weighted by Crippen LogP contribution is 2.42. The molecule has 1 aliphatic rings. The SMILES string of the molecule is CCc1nn(-c2cccnc2C)c(Nc2ccc(C3CC3)cc2C(=O)O)c1-c1cccnc1. The zero-order valence-electron chi connectivity index (χ0n) is 18.6. The molecule has 4 aromatic rings. The Bertz CT molecular complexity index is 1330. The Hall–Kier alpha value is -4.00. The Labute approximate surface area is 192 Å². The fourth-order valence-electron chi connectivity index (χ4n) is 4.16. The molecule has 3 aromatic heterocycles. The molecule has 0 unspecified atom stereocenters. The number of carboxylic acid groups (broad SMARTS) is 1. The van der Waals surface area contributed by atoms with Gasteiger partial charge in [-0.05, 0) is 68.0 Å². The van der Waals surface area contributed by atoms with Crippen LogP contribution >= 0.6 is 0 Å². The van der Waals surface area contributed by atoms with Crippen molar-refractivity contribution in [3.63, 3.8) is 0 Å². The molecule has 0 spiro atoms. The molecule has 3 heterocycles. The van der Waals surface area contributed by atoms with Crippen LogP contribution in [0, 0.1) is 6.92 Å². The molecule has 33 heavy (non-hydrogen) atoms. The first-order valence-corrected chi connectivity index (χ1v) is 11.1. The number of carbonyl (C=O) groups is 1. The average molecular weight is 440 g/mol. The van der Waals surface area contributed by atoms with E-state index in [-0.39, 0.29) is 5.56 Å². The summed E-state index contributed by atoms with van der Waals surface area (Å²) >= 11 is 0. The van der Waals surface area contributed by atoms with Crippen molar-refractivity contribution >= 4 is 17.5 Å². The van der Waals surface area contributed by atoms with Crippen molar-refractivity contribution in [2.24, 2.45) is 0 Å². The Kier molecular flexibility index (Phi) is 5.38. The number of aryl methyl sites for hydroxylation is 2. The van der Waals surface area contributed by atoms with E-state index in [0.717, 1.165) is 46.6 Å². The van der Waals surface area contributed by atoms with Crippen LogP contribution in [-0.4, -0.2) is 30.8 Å². The van der Waals surface area contributed by atoms with Gasteiger partial charge in [-0.25, -0.2) is 9.48 Å². The summed E-state index contributed by atoms with van der Waals surface area (Å²) in [7, 11) is 0. The molecule has 1 saturated carbocycles. The quantitative estimate of drug-likeness (QED) is 0.394. The molecule has 2 N–H and O–H groups in total. The molecule has 0 radical (unpaired) electrons. The van der Waals surface area contributed by atoms with Gasteiger partial charge in [-0.15, -0.1) is 0 Å². The van der Waals surface area contributed by atoms with Crippen LogP contribution in [0.4, 0.5) is 11.5 Å². The Morgan fingerprint density at radius 2 is 2.00 bits per heavy atom. The van der Waals surface area contributed by atoms with E-state index in [4.69, 9.17) is 5.10 Å². The summed E-state index contributed by atoms with van der Waals surface area (Å²) in [5.74, 6) is 0.207. The predicted molar refractivity (Wildman–Crippen MR) is 127 cm³/mol. The van der Waals surface area contributed by atoms with Gasteiger partial charge in [-0.2, -0.15) is 5.10 Å². The van der Waals surface area contributed by atoms with Crippen LogP contribution in [0.2, 0.25) is 0 Å². The fraction of sp³-hybridized carbons (Fsp3) is 0.231. The second kappa shape index (κ2) is 8.50. The van der Waals surface area contributed by atoms with Gasteiger partial charge in [-0.3, -0.25) is 9.97 Å². The highest BCUT2D eigenvalue weighted by Gasteiger charge is 2.26. The van der Waals surface area contributed by atoms with Crippen LogP contribution in [0.25, 0.3) is 16.8 Å². The lowest BCUT2D eigenvalue weighted by molar-refractivity contribution is 0.0698. The summed E-state index contributed by atoms with van der Waals surface area (Å²) in [5, 5.41) is 18.3. The second-order valence-electron chi connectivity index (χ2n) is 8.29. The van der Waals surface area contributed by atoms with Crippen molar-refractivity contribution < 1.29 is 9.90 Å². The average Bonchev–Trinajstić information content (AvgIpc) is 3.62. The number of hydrogen-bond donors (Lipinski definition) is 2. The number of aromatic carboxylic acids is 1.